The Morgan fingerprint density at radius 1 is 1.47 bits per heavy atom. The molecule has 2 rings (SSSR count). The van der Waals surface area contributed by atoms with E-state index in [2.05, 4.69) is 10.6 Å². The van der Waals surface area contributed by atoms with Crippen LogP contribution < -0.4 is 10.6 Å². The predicted octanol–water partition coefficient (Wildman–Crippen LogP) is 0.280. The van der Waals surface area contributed by atoms with Gasteiger partial charge in [0.1, 0.15) is 6.04 Å². The minimum absolute atomic E-state index is 0.0681. The zero-order valence-electron chi connectivity index (χ0n) is 9.29. The smallest absolute Gasteiger partial charge is 0.322 e. The van der Waals surface area contributed by atoms with Crippen molar-refractivity contribution in [1.82, 2.24) is 10.6 Å². The van der Waals surface area contributed by atoms with Crippen molar-refractivity contribution in [3.05, 3.63) is 0 Å². The Bertz CT molecular complexity index is 227. The number of rotatable bonds is 3. The van der Waals surface area contributed by atoms with E-state index in [9.17, 15) is 4.79 Å². The van der Waals surface area contributed by atoms with Gasteiger partial charge in [-0.05, 0) is 44.7 Å². The number of ether oxygens (including phenoxy) is 1. The second-order valence-corrected chi connectivity index (χ2v) is 4.61. The van der Waals surface area contributed by atoms with Gasteiger partial charge in [0.15, 0.2) is 0 Å². The van der Waals surface area contributed by atoms with Gasteiger partial charge in [-0.1, -0.05) is 0 Å². The molecule has 2 aliphatic rings. The molecule has 0 amide bonds. The fraction of sp³-hybridized carbons (Fsp3) is 0.909. The van der Waals surface area contributed by atoms with Crippen molar-refractivity contribution in [3.8, 4) is 0 Å². The third-order valence-corrected chi connectivity index (χ3v) is 3.49. The molecule has 15 heavy (non-hydrogen) atoms. The molecule has 0 aliphatic carbocycles. The molecule has 3 atom stereocenters. The molecule has 2 N–H and O–H groups in total. The Balaban J connectivity index is 1.74. The number of esters is 1. The maximum absolute atomic E-state index is 11.3. The lowest BCUT2D eigenvalue weighted by atomic mass is 9.96. The maximum Gasteiger partial charge on any atom is 0.322 e. The van der Waals surface area contributed by atoms with E-state index in [-0.39, 0.29) is 12.0 Å². The normalized spacial score (nSPS) is 35.7. The quantitative estimate of drug-likeness (QED) is 0.660. The first-order valence-corrected chi connectivity index (χ1v) is 5.84. The largest absolute Gasteiger partial charge is 0.468 e. The number of hydrogen-bond acceptors (Lipinski definition) is 4. The predicted molar refractivity (Wildman–Crippen MR) is 57.6 cm³/mol. The summed E-state index contributed by atoms with van der Waals surface area (Å²) in [7, 11) is 1.45. The van der Waals surface area contributed by atoms with Crippen LogP contribution in [-0.4, -0.2) is 38.3 Å². The topological polar surface area (TPSA) is 50.4 Å². The average Bonchev–Trinajstić information content (AvgIpc) is 2.88. The van der Waals surface area contributed by atoms with Crippen LogP contribution in [0.5, 0.6) is 0 Å². The molecule has 2 aliphatic heterocycles. The highest BCUT2D eigenvalue weighted by Crippen LogP contribution is 2.23. The molecule has 2 fully saturated rings. The van der Waals surface area contributed by atoms with Gasteiger partial charge in [0, 0.05) is 6.04 Å². The van der Waals surface area contributed by atoms with Gasteiger partial charge in [-0.15, -0.1) is 0 Å². The van der Waals surface area contributed by atoms with E-state index in [1.807, 2.05) is 0 Å². The standard InChI is InChI=1S/C11H20N2O2/c1-15-11(14)10-6-8(7-13-10)5-9-3-2-4-12-9/h8-10,12-13H,2-7H2,1H3. The third kappa shape index (κ3) is 2.69. The van der Waals surface area contributed by atoms with Crippen LogP contribution in [0.15, 0.2) is 0 Å². The Morgan fingerprint density at radius 2 is 2.33 bits per heavy atom. The van der Waals surface area contributed by atoms with Crippen molar-refractivity contribution in [2.45, 2.75) is 37.8 Å². The van der Waals surface area contributed by atoms with E-state index in [1.165, 1.54) is 26.4 Å². The summed E-state index contributed by atoms with van der Waals surface area (Å²) in [5.41, 5.74) is 0. The van der Waals surface area contributed by atoms with Crippen molar-refractivity contribution < 1.29 is 9.53 Å². The first kappa shape index (κ1) is 10.9. The van der Waals surface area contributed by atoms with Crippen LogP contribution in [0.2, 0.25) is 0 Å². The van der Waals surface area contributed by atoms with Crippen LogP contribution in [0.1, 0.15) is 25.7 Å². The molecule has 0 spiro atoms. The van der Waals surface area contributed by atoms with E-state index in [0.29, 0.717) is 12.0 Å². The van der Waals surface area contributed by atoms with Crippen LogP contribution in [-0.2, 0) is 9.53 Å². The van der Waals surface area contributed by atoms with Gasteiger partial charge >= 0.3 is 5.97 Å². The number of carbonyl (C=O) groups is 1. The summed E-state index contributed by atoms with van der Waals surface area (Å²) in [5.74, 6) is 0.515. The number of hydrogen-bond donors (Lipinski definition) is 2. The average molecular weight is 212 g/mol. The molecule has 86 valence electrons. The lowest BCUT2D eigenvalue weighted by Crippen LogP contribution is -2.31. The highest BCUT2D eigenvalue weighted by molar-refractivity contribution is 5.76. The van der Waals surface area contributed by atoms with Crippen LogP contribution in [0, 0.1) is 5.92 Å². The van der Waals surface area contributed by atoms with Crippen molar-refractivity contribution in [2.24, 2.45) is 5.92 Å². The molecule has 3 unspecified atom stereocenters. The molecule has 4 nitrogen and oxygen atoms in total. The van der Waals surface area contributed by atoms with E-state index in [4.69, 9.17) is 4.74 Å². The number of nitrogens with one attached hydrogen (secondary N) is 2. The Labute approximate surface area is 90.8 Å². The summed E-state index contributed by atoms with van der Waals surface area (Å²) in [6.45, 7) is 2.11. The van der Waals surface area contributed by atoms with Gasteiger partial charge in [-0.25, -0.2) is 0 Å². The van der Waals surface area contributed by atoms with E-state index in [0.717, 1.165) is 19.5 Å². The van der Waals surface area contributed by atoms with Crippen LogP contribution >= 0.6 is 0 Å². The third-order valence-electron chi connectivity index (χ3n) is 3.49. The van der Waals surface area contributed by atoms with Crippen molar-refractivity contribution in [1.29, 1.82) is 0 Å². The Kier molecular flexibility index (Phi) is 3.59. The van der Waals surface area contributed by atoms with E-state index >= 15 is 0 Å². The van der Waals surface area contributed by atoms with Gasteiger partial charge in [0.2, 0.25) is 0 Å². The summed E-state index contributed by atoms with van der Waals surface area (Å²) in [6, 6.07) is 0.606. The lowest BCUT2D eigenvalue weighted by molar-refractivity contribution is -0.142. The Hall–Kier alpha value is -0.610. The van der Waals surface area contributed by atoms with Crippen molar-refractivity contribution in [2.75, 3.05) is 20.2 Å². The highest BCUT2D eigenvalue weighted by Gasteiger charge is 2.31. The molecule has 0 radical (unpaired) electrons. The second-order valence-electron chi connectivity index (χ2n) is 4.61. The fourth-order valence-electron chi connectivity index (χ4n) is 2.67. The summed E-state index contributed by atoms with van der Waals surface area (Å²) in [5, 5.41) is 6.73. The zero-order valence-corrected chi connectivity index (χ0v) is 9.29. The SMILES string of the molecule is COC(=O)C1CC(CC2CCCN2)CN1. The number of carbonyl (C=O) groups excluding carboxylic acids is 1. The van der Waals surface area contributed by atoms with Gasteiger partial charge in [-0.3, -0.25) is 4.79 Å². The second kappa shape index (κ2) is 4.94. The van der Waals surface area contributed by atoms with E-state index < -0.39 is 0 Å². The summed E-state index contributed by atoms with van der Waals surface area (Å²) in [4.78, 5) is 11.3. The summed E-state index contributed by atoms with van der Waals surface area (Å²) >= 11 is 0. The van der Waals surface area contributed by atoms with Crippen LogP contribution in [0.3, 0.4) is 0 Å². The maximum atomic E-state index is 11.3. The monoisotopic (exact) mass is 212 g/mol. The van der Waals surface area contributed by atoms with Crippen LogP contribution in [0.25, 0.3) is 0 Å². The van der Waals surface area contributed by atoms with E-state index in [1.54, 1.807) is 0 Å². The molecule has 0 aromatic rings. The van der Waals surface area contributed by atoms with Gasteiger partial charge in [-0.2, -0.15) is 0 Å². The lowest BCUT2D eigenvalue weighted by Gasteiger charge is -2.14. The summed E-state index contributed by atoms with van der Waals surface area (Å²) < 4.78 is 4.74. The van der Waals surface area contributed by atoms with Crippen LogP contribution in [0.4, 0.5) is 0 Å². The minimum Gasteiger partial charge on any atom is -0.468 e. The number of methoxy groups -OCH3 is 1. The van der Waals surface area contributed by atoms with Gasteiger partial charge in [0.05, 0.1) is 7.11 Å². The first-order chi connectivity index (χ1) is 7.29. The molecule has 2 heterocycles. The Morgan fingerprint density at radius 3 is 3.00 bits per heavy atom. The van der Waals surface area contributed by atoms with Gasteiger partial charge < -0.3 is 15.4 Å². The molecular weight excluding hydrogens is 192 g/mol. The van der Waals surface area contributed by atoms with Gasteiger partial charge in [0.25, 0.3) is 0 Å². The fourth-order valence-corrected chi connectivity index (χ4v) is 2.67. The zero-order chi connectivity index (χ0) is 10.7. The van der Waals surface area contributed by atoms with Crippen molar-refractivity contribution in [3.63, 3.8) is 0 Å². The molecule has 0 bridgehead atoms. The molecule has 0 saturated carbocycles. The molecule has 4 heteroatoms. The highest BCUT2D eigenvalue weighted by atomic mass is 16.5. The first-order valence-electron chi connectivity index (χ1n) is 5.84. The molecule has 0 aromatic carbocycles. The van der Waals surface area contributed by atoms with Crippen molar-refractivity contribution >= 4 is 5.97 Å². The molecular formula is C11H20N2O2. The summed E-state index contributed by atoms with van der Waals surface area (Å²) in [6.07, 6.45) is 4.72. The molecule has 2 saturated heterocycles. The minimum atomic E-state index is -0.114. The molecule has 0 aromatic heterocycles.